The normalized spacial score (nSPS) is 23.0. The summed E-state index contributed by atoms with van der Waals surface area (Å²) in [5, 5.41) is 0. The Morgan fingerprint density at radius 1 is 0.964 bits per heavy atom. The molecule has 28 heavy (non-hydrogen) atoms. The van der Waals surface area contributed by atoms with Crippen molar-refractivity contribution in [1.82, 2.24) is 9.80 Å². The van der Waals surface area contributed by atoms with Crippen LogP contribution >= 0.6 is 0 Å². The molecule has 2 fully saturated rings. The zero-order valence-electron chi connectivity index (χ0n) is 17.0. The Morgan fingerprint density at radius 2 is 1.57 bits per heavy atom. The van der Waals surface area contributed by atoms with Gasteiger partial charge in [-0.1, -0.05) is 48.5 Å². The Balaban J connectivity index is 1.31. The molecule has 2 aliphatic heterocycles. The van der Waals surface area contributed by atoms with E-state index in [1.54, 1.807) is 0 Å². The van der Waals surface area contributed by atoms with Crippen LogP contribution in [0.3, 0.4) is 0 Å². The van der Waals surface area contributed by atoms with Gasteiger partial charge >= 0.3 is 0 Å². The van der Waals surface area contributed by atoms with Gasteiger partial charge in [0.15, 0.2) is 0 Å². The Hall–Kier alpha value is -2.17. The highest BCUT2D eigenvalue weighted by molar-refractivity contribution is 5.97. The van der Waals surface area contributed by atoms with Crippen molar-refractivity contribution >= 4 is 5.91 Å². The number of aryl methyl sites for hydroxylation is 2. The number of hydrogen-bond donors (Lipinski definition) is 1. The lowest BCUT2D eigenvalue weighted by atomic mass is 10.0. The first-order chi connectivity index (χ1) is 13.5. The molecule has 0 radical (unpaired) electrons. The number of amides is 1. The van der Waals surface area contributed by atoms with Gasteiger partial charge < -0.3 is 15.5 Å². The van der Waals surface area contributed by atoms with E-state index in [4.69, 9.17) is 5.73 Å². The predicted molar refractivity (Wildman–Crippen MR) is 113 cm³/mol. The summed E-state index contributed by atoms with van der Waals surface area (Å²) in [4.78, 5) is 17.7. The molecule has 2 N–H and O–H groups in total. The zero-order valence-corrected chi connectivity index (χ0v) is 17.0. The van der Waals surface area contributed by atoms with Gasteiger partial charge in [0, 0.05) is 37.8 Å². The molecule has 2 saturated heterocycles. The molecule has 2 heterocycles. The van der Waals surface area contributed by atoms with Crippen LogP contribution in [0, 0.1) is 25.7 Å². The first-order valence-electron chi connectivity index (χ1n) is 10.4. The molecule has 0 bridgehead atoms. The van der Waals surface area contributed by atoms with Gasteiger partial charge in [0.1, 0.15) is 0 Å². The minimum absolute atomic E-state index is 0.101. The molecule has 1 amide bonds. The minimum Gasteiger partial charge on any atom is -0.338 e. The average molecular weight is 378 g/mol. The number of nitrogens with two attached hydrogens (primary N) is 1. The van der Waals surface area contributed by atoms with E-state index < -0.39 is 0 Å². The van der Waals surface area contributed by atoms with Crippen molar-refractivity contribution in [1.29, 1.82) is 0 Å². The monoisotopic (exact) mass is 377 g/mol. The van der Waals surface area contributed by atoms with Gasteiger partial charge in [0.2, 0.25) is 0 Å². The van der Waals surface area contributed by atoms with Crippen LogP contribution in [0.25, 0.3) is 0 Å². The van der Waals surface area contributed by atoms with Crippen molar-refractivity contribution < 1.29 is 4.79 Å². The lowest BCUT2D eigenvalue weighted by Gasteiger charge is -2.24. The number of hydrogen-bond acceptors (Lipinski definition) is 3. The maximum Gasteiger partial charge on any atom is 0.254 e. The van der Waals surface area contributed by atoms with Crippen LogP contribution < -0.4 is 5.73 Å². The first kappa shape index (κ1) is 19.2. The highest BCUT2D eigenvalue weighted by Crippen LogP contribution is 2.33. The van der Waals surface area contributed by atoms with Crippen LogP contribution in [-0.4, -0.2) is 48.4 Å². The molecular weight excluding hydrogens is 346 g/mol. The third-order valence-corrected chi connectivity index (χ3v) is 6.53. The van der Waals surface area contributed by atoms with Gasteiger partial charge in [-0.05, 0) is 55.3 Å². The van der Waals surface area contributed by atoms with E-state index >= 15 is 0 Å². The van der Waals surface area contributed by atoms with Crippen molar-refractivity contribution in [3.8, 4) is 0 Å². The van der Waals surface area contributed by atoms with Crippen molar-refractivity contribution in [2.75, 3.05) is 32.7 Å². The lowest BCUT2D eigenvalue weighted by molar-refractivity contribution is 0.0772. The summed E-state index contributed by atoms with van der Waals surface area (Å²) in [7, 11) is 0. The van der Waals surface area contributed by atoms with Crippen molar-refractivity contribution in [2.24, 2.45) is 17.6 Å². The Kier molecular flexibility index (Phi) is 5.51. The molecule has 0 spiro atoms. The Morgan fingerprint density at radius 3 is 2.18 bits per heavy atom. The molecule has 0 saturated carbocycles. The summed E-state index contributed by atoms with van der Waals surface area (Å²) < 4.78 is 0. The number of carbonyl (C=O) groups excluding carboxylic acids is 1. The van der Waals surface area contributed by atoms with Crippen LogP contribution in [-0.2, 0) is 0 Å². The molecule has 0 aliphatic carbocycles. The van der Waals surface area contributed by atoms with Gasteiger partial charge in [0.05, 0.1) is 0 Å². The molecule has 3 atom stereocenters. The molecular formula is C24H31N3O. The molecule has 2 unspecified atom stereocenters. The second-order valence-corrected chi connectivity index (χ2v) is 8.56. The fraction of sp³-hybridized carbons (Fsp3) is 0.458. The van der Waals surface area contributed by atoms with Gasteiger partial charge in [0.25, 0.3) is 5.91 Å². The highest BCUT2D eigenvalue weighted by Gasteiger charge is 2.41. The largest absolute Gasteiger partial charge is 0.338 e. The van der Waals surface area contributed by atoms with Gasteiger partial charge in [-0.15, -0.1) is 0 Å². The van der Waals surface area contributed by atoms with Gasteiger partial charge in [-0.2, -0.15) is 0 Å². The molecule has 2 aromatic rings. The number of fused-ring (bicyclic) bond motifs is 1. The SMILES string of the molecule is Cc1cccc(C)c1C(=O)N1CC2CN(CC[C@H](N)c3ccccc3)CC2C1. The number of rotatable bonds is 5. The summed E-state index contributed by atoms with van der Waals surface area (Å²) in [6.07, 6.45) is 0.981. The smallest absolute Gasteiger partial charge is 0.254 e. The van der Waals surface area contributed by atoms with Crippen LogP contribution in [0.15, 0.2) is 48.5 Å². The number of benzene rings is 2. The standard InChI is InChI=1S/C24H31N3O/c1-17-7-6-8-18(2)23(17)24(28)27-15-20-13-26(14-21(20)16-27)12-11-22(25)19-9-4-3-5-10-19/h3-10,20-22H,11-16,25H2,1-2H3/t20?,21?,22-/m0/s1. The second-order valence-electron chi connectivity index (χ2n) is 8.56. The molecule has 2 aliphatic rings. The summed E-state index contributed by atoms with van der Waals surface area (Å²) in [6, 6.07) is 16.6. The van der Waals surface area contributed by atoms with Crippen LogP contribution in [0.1, 0.15) is 39.5 Å². The predicted octanol–water partition coefficient (Wildman–Crippen LogP) is 3.40. The lowest BCUT2D eigenvalue weighted by Crippen LogP contribution is -2.34. The van der Waals surface area contributed by atoms with E-state index in [-0.39, 0.29) is 11.9 Å². The number of nitrogens with zero attached hydrogens (tertiary/aromatic N) is 2. The van der Waals surface area contributed by atoms with Crippen LogP contribution in [0.4, 0.5) is 0 Å². The first-order valence-corrected chi connectivity index (χ1v) is 10.4. The summed E-state index contributed by atoms with van der Waals surface area (Å²) in [5.74, 6) is 1.41. The third-order valence-electron chi connectivity index (χ3n) is 6.53. The van der Waals surface area contributed by atoms with Crippen molar-refractivity contribution in [2.45, 2.75) is 26.3 Å². The van der Waals surface area contributed by atoms with E-state index in [1.165, 1.54) is 5.56 Å². The summed E-state index contributed by atoms with van der Waals surface area (Å²) in [5.41, 5.74) is 10.6. The molecule has 4 rings (SSSR count). The van der Waals surface area contributed by atoms with E-state index in [0.717, 1.165) is 55.8 Å². The quantitative estimate of drug-likeness (QED) is 0.869. The van der Waals surface area contributed by atoms with Crippen LogP contribution in [0.5, 0.6) is 0 Å². The van der Waals surface area contributed by atoms with Crippen molar-refractivity contribution in [3.63, 3.8) is 0 Å². The highest BCUT2D eigenvalue weighted by atomic mass is 16.2. The molecule has 4 heteroatoms. The topological polar surface area (TPSA) is 49.6 Å². The maximum absolute atomic E-state index is 13.1. The van der Waals surface area contributed by atoms with Crippen molar-refractivity contribution in [3.05, 3.63) is 70.8 Å². The fourth-order valence-electron chi connectivity index (χ4n) is 4.94. The van der Waals surface area contributed by atoms with E-state index in [2.05, 4.69) is 34.1 Å². The molecule has 0 aromatic heterocycles. The minimum atomic E-state index is 0.101. The molecule has 2 aromatic carbocycles. The summed E-state index contributed by atoms with van der Waals surface area (Å²) >= 11 is 0. The van der Waals surface area contributed by atoms with Crippen LogP contribution in [0.2, 0.25) is 0 Å². The maximum atomic E-state index is 13.1. The van der Waals surface area contributed by atoms with Gasteiger partial charge in [-0.25, -0.2) is 0 Å². The number of likely N-dealkylation sites (tertiary alicyclic amines) is 2. The van der Waals surface area contributed by atoms with E-state index in [9.17, 15) is 4.79 Å². The zero-order chi connectivity index (χ0) is 19.7. The summed E-state index contributed by atoms with van der Waals surface area (Å²) in [6.45, 7) is 9.06. The second kappa shape index (κ2) is 8.06. The Bertz CT molecular complexity index is 801. The van der Waals surface area contributed by atoms with E-state index in [1.807, 2.05) is 38.1 Å². The Labute approximate surface area is 168 Å². The molecule has 148 valence electrons. The number of carbonyl (C=O) groups is 1. The average Bonchev–Trinajstić information content (AvgIpc) is 3.25. The van der Waals surface area contributed by atoms with Gasteiger partial charge in [-0.3, -0.25) is 4.79 Å². The molecule has 4 nitrogen and oxygen atoms in total. The fourth-order valence-corrected chi connectivity index (χ4v) is 4.94. The third kappa shape index (κ3) is 3.85. The van der Waals surface area contributed by atoms with E-state index in [0.29, 0.717) is 11.8 Å².